The van der Waals surface area contributed by atoms with Gasteiger partial charge in [0.05, 0.1) is 0 Å². The molecule has 1 aromatic rings. The first-order valence-corrected chi connectivity index (χ1v) is 5.58. The topological polar surface area (TPSA) is 17.0 Å². The molecule has 0 aliphatic rings. The van der Waals surface area contributed by atoms with E-state index in [1.807, 2.05) is 0 Å². The van der Waals surface area contributed by atoms with Crippen molar-refractivity contribution in [2.24, 2.45) is 5.92 Å². The Morgan fingerprint density at radius 2 is 2.21 bits per heavy atom. The van der Waals surface area contributed by atoms with Crippen LogP contribution in [-0.2, 0) is 13.1 Å². The quantitative estimate of drug-likeness (QED) is 0.736. The van der Waals surface area contributed by atoms with Crippen LogP contribution in [0.3, 0.4) is 0 Å². The summed E-state index contributed by atoms with van der Waals surface area (Å²) in [6.45, 7) is 9.90. The molecule has 0 aliphatic heterocycles. The fraction of sp³-hybridized carbons (Fsp3) is 0.667. The smallest absolute Gasteiger partial charge is 0.0359 e. The summed E-state index contributed by atoms with van der Waals surface area (Å²) in [5.41, 5.74) is 1.40. The van der Waals surface area contributed by atoms with E-state index in [2.05, 4.69) is 49.0 Å². The molecule has 2 nitrogen and oxygen atoms in total. The van der Waals surface area contributed by atoms with Crippen molar-refractivity contribution in [2.45, 2.75) is 40.3 Å². The van der Waals surface area contributed by atoms with Crippen molar-refractivity contribution >= 4 is 0 Å². The summed E-state index contributed by atoms with van der Waals surface area (Å²) >= 11 is 0. The average Bonchev–Trinajstić information content (AvgIpc) is 2.53. The number of nitrogens with zero attached hydrogens (tertiary/aromatic N) is 1. The first-order valence-electron chi connectivity index (χ1n) is 5.58. The van der Waals surface area contributed by atoms with E-state index in [4.69, 9.17) is 0 Å². The molecule has 0 unspecified atom stereocenters. The molecular formula is C12H22N2. The summed E-state index contributed by atoms with van der Waals surface area (Å²) in [4.78, 5) is 0. The molecule has 0 saturated carbocycles. The van der Waals surface area contributed by atoms with Crippen molar-refractivity contribution < 1.29 is 0 Å². The third-order valence-electron chi connectivity index (χ3n) is 2.25. The molecule has 2 heteroatoms. The molecular weight excluding hydrogens is 172 g/mol. The number of hydrogen-bond donors (Lipinski definition) is 1. The number of nitrogens with one attached hydrogen (secondary N) is 1. The van der Waals surface area contributed by atoms with Gasteiger partial charge in [-0.1, -0.05) is 20.8 Å². The summed E-state index contributed by atoms with van der Waals surface area (Å²) in [6.07, 6.45) is 3.36. The number of aromatic nitrogens is 1. The van der Waals surface area contributed by atoms with Crippen LogP contribution in [0.1, 0.15) is 32.9 Å². The predicted octanol–water partition coefficient (Wildman–Crippen LogP) is 2.64. The maximum absolute atomic E-state index is 3.47. The molecule has 0 fully saturated rings. The molecule has 80 valence electrons. The highest BCUT2D eigenvalue weighted by molar-refractivity contribution is 5.06. The highest BCUT2D eigenvalue weighted by Gasteiger charge is 1.99. The van der Waals surface area contributed by atoms with E-state index < -0.39 is 0 Å². The van der Waals surface area contributed by atoms with Gasteiger partial charge in [-0.2, -0.15) is 0 Å². The first-order chi connectivity index (χ1) is 6.74. The molecule has 1 heterocycles. The Balaban J connectivity index is 2.37. The van der Waals surface area contributed by atoms with Gasteiger partial charge < -0.3 is 9.88 Å². The number of rotatable bonds is 6. The summed E-state index contributed by atoms with van der Waals surface area (Å²) in [5.74, 6) is 0.726. The van der Waals surface area contributed by atoms with Crippen LogP contribution < -0.4 is 5.32 Å². The lowest BCUT2D eigenvalue weighted by atomic mass is 10.2. The second-order valence-corrected chi connectivity index (χ2v) is 4.22. The summed E-state index contributed by atoms with van der Waals surface area (Å²) < 4.78 is 2.33. The standard InChI is InChI=1S/C12H22N2/c1-4-7-14-8-5-6-12(14)10-13-9-11(2)3/h5-6,8,11,13H,4,7,9-10H2,1-3H3. The van der Waals surface area contributed by atoms with Crippen LogP contribution in [0.4, 0.5) is 0 Å². The SMILES string of the molecule is CCCn1cccc1CNCC(C)C. The Morgan fingerprint density at radius 3 is 2.86 bits per heavy atom. The Bertz CT molecular complexity index is 251. The molecule has 0 spiro atoms. The highest BCUT2D eigenvalue weighted by Crippen LogP contribution is 2.03. The molecule has 0 aliphatic carbocycles. The van der Waals surface area contributed by atoms with Crippen LogP contribution in [0.5, 0.6) is 0 Å². The van der Waals surface area contributed by atoms with Crippen LogP contribution in [0.2, 0.25) is 0 Å². The van der Waals surface area contributed by atoms with Crippen molar-refractivity contribution in [1.82, 2.24) is 9.88 Å². The Kier molecular flexibility index (Phi) is 4.74. The van der Waals surface area contributed by atoms with Gasteiger partial charge in [0.15, 0.2) is 0 Å². The van der Waals surface area contributed by atoms with Crippen molar-refractivity contribution in [3.8, 4) is 0 Å². The Morgan fingerprint density at radius 1 is 1.43 bits per heavy atom. The predicted molar refractivity (Wildman–Crippen MR) is 61.3 cm³/mol. The van der Waals surface area contributed by atoms with Crippen molar-refractivity contribution in [1.29, 1.82) is 0 Å². The van der Waals surface area contributed by atoms with Gasteiger partial charge in [0.1, 0.15) is 0 Å². The summed E-state index contributed by atoms with van der Waals surface area (Å²) in [6, 6.07) is 4.32. The van der Waals surface area contributed by atoms with Gasteiger partial charge in [-0.05, 0) is 31.0 Å². The third kappa shape index (κ3) is 3.54. The zero-order valence-corrected chi connectivity index (χ0v) is 9.59. The number of aryl methyl sites for hydroxylation is 1. The Hall–Kier alpha value is -0.760. The van der Waals surface area contributed by atoms with E-state index in [9.17, 15) is 0 Å². The maximum Gasteiger partial charge on any atom is 0.0359 e. The molecule has 0 aromatic carbocycles. The monoisotopic (exact) mass is 194 g/mol. The van der Waals surface area contributed by atoms with E-state index in [0.717, 1.165) is 25.6 Å². The minimum atomic E-state index is 0.726. The van der Waals surface area contributed by atoms with E-state index in [0.29, 0.717) is 0 Å². The number of hydrogen-bond acceptors (Lipinski definition) is 1. The van der Waals surface area contributed by atoms with Gasteiger partial charge >= 0.3 is 0 Å². The third-order valence-corrected chi connectivity index (χ3v) is 2.25. The van der Waals surface area contributed by atoms with Crippen molar-refractivity contribution in [3.05, 3.63) is 24.0 Å². The van der Waals surface area contributed by atoms with Crippen molar-refractivity contribution in [3.63, 3.8) is 0 Å². The fourth-order valence-electron chi connectivity index (χ4n) is 1.56. The zero-order chi connectivity index (χ0) is 10.4. The molecule has 0 radical (unpaired) electrons. The van der Waals surface area contributed by atoms with Crippen LogP contribution >= 0.6 is 0 Å². The minimum Gasteiger partial charge on any atom is -0.350 e. The summed E-state index contributed by atoms with van der Waals surface area (Å²) in [5, 5.41) is 3.47. The lowest BCUT2D eigenvalue weighted by Gasteiger charge is -2.10. The average molecular weight is 194 g/mol. The normalized spacial score (nSPS) is 11.1. The highest BCUT2D eigenvalue weighted by atomic mass is 15.0. The van der Waals surface area contributed by atoms with Gasteiger partial charge in [-0.3, -0.25) is 0 Å². The molecule has 0 atom stereocenters. The van der Waals surface area contributed by atoms with E-state index in [1.54, 1.807) is 0 Å². The molecule has 0 amide bonds. The fourth-order valence-corrected chi connectivity index (χ4v) is 1.56. The first kappa shape index (κ1) is 11.3. The lowest BCUT2D eigenvalue weighted by molar-refractivity contribution is 0.532. The summed E-state index contributed by atoms with van der Waals surface area (Å²) in [7, 11) is 0. The molecule has 0 bridgehead atoms. The van der Waals surface area contributed by atoms with Crippen molar-refractivity contribution in [2.75, 3.05) is 6.54 Å². The van der Waals surface area contributed by atoms with Crippen LogP contribution in [0, 0.1) is 5.92 Å². The van der Waals surface area contributed by atoms with Crippen LogP contribution in [0.15, 0.2) is 18.3 Å². The zero-order valence-electron chi connectivity index (χ0n) is 9.59. The van der Waals surface area contributed by atoms with Crippen LogP contribution in [0.25, 0.3) is 0 Å². The largest absolute Gasteiger partial charge is 0.350 e. The molecule has 1 aromatic heterocycles. The lowest BCUT2D eigenvalue weighted by Crippen LogP contribution is -2.20. The van der Waals surface area contributed by atoms with E-state index in [1.165, 1.54) is 12.1 Å². The van der Waals surface area contributed by atoms with Gasteiger partial charge in [0.2, 0.25) is 0 Å². The minimum absolute atomic E-state index is 0.726. The molecule has 1 rings (SSSR count). The van der Waals surface area contributed by atoms with Gasteiger partial charge in [-0.25, -0.2) is 0 Å². The molecule has 0 saturated heterocycles. The van der Waals surface area contributed by atoms with Gasteiger partial charge in [0, 0.05) is 25.0 Å². The molecule has 14 heavy (non-hydrogen) atoms. The van der Waals surface area contributed by atoms with Gasteiger partial charge in [-0.15, -0.1) is 0 Å². The van der Waals surface area contributed by atoms with Crippen LogP contribution in [-0.4, -0.2) is 11.1 Å². The Labute approximate surface area is 87.3 Å². The van der Waals surface area contributed by atoms with E-state index >= 15 is 0 Å². The maximum atomic E-state index is 3.47. The second-order valence-electron chi connectivity index (χ2n) is 4.22. The van der Waals surface area contributed by atoms with E-state index in [-0.39, 0.29) is 0 Å². The molecule has 1 N–H and O–H groups in total. The second kappa shape index (κ2) is 5.86. The van der Waals surface area contributed by atoms with Gasteiger partial charge in [0.25, 0.3) is 0 Å².